The SMILES string of the molecule is CC1CCCCCCn2c(=O)c(C3(C#N)CCOC3)cc3c(ncnc32)N[C@H](C)c2cccc(c2F)C(F)(F)C2CC(C)N1C(C)C2. The first kappa shape index (κ1) is 33.4. The van der Waals surface area contributed by atoms with Crippen LogP contribution in [0.15, 0.2) is 35.4 Å². The third-order valence-electron chi connectivity index (χ3n) is 10.9. The fraction of sp³-hybridized carbons (Fsp3) is 0.611. The van der Waals surface area contributed by atoms with Crippen molar-refractivity contribution in [1.82, 2.24) is 19.4 Å². The molecule has 1 aromatic carbocycles. The van der Waals surface area contributed by atoms with Gasteiger partial charge in [0, 0.05) is 48.3 Å². The number of hydrogen-bond acceptors (Lipinski definition) is 7. The molecular formula is C36H45F3N6O2. The number of halogens is 3. The van der Waals surface area contributed by atoms with Gasteiger partial charge in [0.1, 0.15) is 29.0 Å². The quantitative estimate of drug-likeness (QED) is 0.297. The summed E-state index contributed by atoms with van der Waals surface area (Å²) in [6.07, 6.45) is 6.85. The number of rotatable bonds is 1. The summed E-state index contributed by atoms with van der Waals surface area (Å²) in [6.45, 7) is 8.79. The van der Waals surface area contributed by atoms with Crippen LogP contribution in [0.1, 0.15) is 102 Å². The summed E-state index contributed by atoms with van der Waals surface area (Å²) in [5.74, 6) is -4.93. The highest BCUT2D eigenvalue weighted by Crippen LogP contribution is 2.47. The van der Waals surface area contributed by atoms with Gasteiger partial charge >= 0.3 is 0 Å². The second-order valence-electron chi connectivity index (χ2n) is 14.0. The van der Waals surface area contributed by atoms with Crippen molar-refractivity contribution >= 4 is 16.9 Å². The summed E-state index contributed by atoms with van der Waals surface area (Å²) in [4.78, 5) is 25.3. The molecule has 2 aromatic heterocycles. The standard InChI is InChI=1S/C36H45F3N6O2/c1-22-10-7-5-6-8-14-44-33-28(18-30(34(44)46)35(19-40)13-15-47-20-35)32(41-21-42-33)43-25(4)27-11-9-12-29(31(27)37)36(38,39)26-16-23(2)45(22)24(3)17-26/h9,11-12,18,21-26H,5-8,10,13-17,20H2,1-4H3,(H,41,42,43)/t22?,23?,24?,25-,26?,35?/m1/s1. The molecule has 2 fully saturated rings. The highest BCUT2D eigenvalue weighted by molar-refractivity contribution is 5.87. The molecule has 2 saturated heterocycles. The average Bonchev–Trinajstić information content (AvgIpc) is 3.53. The normalized spacial score (nSPS) is 31.6. The fourth-order valence-electron chi connectivity index (χ4n) is 8.39. The van der Waals surface area contributed by atoms with Crippen LogP contribution in [-0.4, -0.2) is 50.8 Å². The average molecular weight is 651 g/mol. The van der Waals surface area contributed by atoms with E-state index in [9.17, 15) is 10.1 Å². The molecule has 252 valence electrons. The molecule has 0 radical (unpaired) electrons. The summed E-state index contributed by atoms with van der Waals surface area (Å²) in [5.41, 5.74) is -1.14. The van der Waals surface area contributed by atoms with Gasteiger partial charge in [0.25, 0.3) is 11.5 Å². The van der Waals surface area contributed by atoms with Crippen LogP contribution >= 0.6 is 0 Å². The number of nitriles is 1. The summed E-state index contributed by atoms with van der Waals surface area (Å²) < 4.78 is 56.0. The number of fused-ring (bicyclic) bond motifs is 9. The van der Waals surface area contributed by atoms with E-state index in [1.807, 2.05) is 13.8 Å². The third kappa shape index (κ3) is 6.04. The van der Waals surface area contributed by atoms with E-state index >= 15 is 13.2 Å². The van der Waals surface area contributed by atoms with E-state index in [-0.39, 0.29) is 35.9 Å². The number of benzene rings is 1. The Kier molecular flexibility index (Phi) is 9.38. The highest BCUT2D eigenvalue weighted by atomic mass is 19.3. The van der Waals surface area contributed by atoms with Crippen molar-refractivity contribution < 1.29 is 17.9 Å². The van der Waals surface area contributed by atoms with Gasteiger partial charge in [0.15, 0.2) is 0 Å². The molecule has 0 saturated carbocycles. The number of aryl methyl sites for hydroxylation is 1. The first-order valence-electron chi connectivity index (χ1n) is 17.1. The molecule has 0 aliphatic carbocycles. The largest absolute Gasteiger partial charge is 0.379 e. The zero-order chi connectivity index (χ0) is 33.5. The molecule has 47 heavy (non-hydrogen) atoms. The van der Waals surface area contributed by atoms with Gasteiger partial charge < -0.3 is 10.1 Å². The van der Waals surface area contributed by atoms with Crippen LogP contribution < -0.4 is 10.9 Å². The van der Waals surface area contributed by atoms with E-state index in [1.54, 1.807) is 17.6 Å². The lowest BCUT2D eigenvalue weighted by molar-refractivity contribution is -0.112. The van der Waals surface area contributed by atoms with Gasteiger partial charge in [-0.15, -0.1) is 0 Å². The molecule has 11 heteroatoms. The Labute approximate surface area is 274 Å². The lowest BCUT2D eigenvalue weighted by Crippen LogP contribution is -2.53. The zero-order valence-corrected chi connectivity index (χ0v) is 27.7. The lowest BCUT2D eigenvalue weighted by atomic mass is 9.79. The monoisotopic (exact) mass is 650 g/mol. The minimum absolute atomic E-state index is 0.0568. The molecule has 6 heterocycles. The molecule has 1 N–H and O–H groups in total. The third-order valence-corrected chi connectivity index (χ3v) is 10.9. The van der Waals surface area contributed by atoms with Gasteiger partial charge in [-0.1, -0.05) is 37.5 Å². The second kappa shape index (κ2) is 13.2. The van der Waals surface area contributed by atoms with E-state index in [1.165, 1.54) is 24.5 Å². The van der Waals surface area contributed by atoms with Crippen molar-refractivity contribution in [2.45, 2.75) is 121 Å². The van der Waals surface area contributed by atoms with Gasteiger partial charge in [-0.2, -0.15) is 5.26 Å². The Balaban J connectivity index is 1.46. The summed E-state index contributed by atoms with van der Waals surface area (Å²) >= 11 is 0. The fourth-order valence-corrected chi connectivity index (χ4v) is 8.39. The predicted octanol–water partition coefficient (Wildman–Crippen LogP) is 7.22. The smallest absolute Gasteiger partial charge is 0.278 e. The molecule has 4 aliphatic heterocycles. The Hall–Kier alpha value is -3.49. The Bertz CT molecular complexity index is 1700. The van der Waals surface area contributed by atoms with E-state index < -0.39 is 34.7 Å². The van der Waals surface area contributed by atoms with E-state index in [0.717, 1.165) is 32.1 Å². The van der Waals surface area contributed by atoms with Gasteiger partial charge in [-0.25, -0.2) is 23.1 Å². The number of alkyl halides is 2. The number of ether oxygens (including phenoxy) is 1. The molecule has 0 spiro atoms. The predicted molar refractivity (Wildman–Crippen MR) is 175 cm³/mol. The van der Waals surface area contributed by atoms with Gasteiger partial charge in [0.05, 0.1) is 29.7 Å². The number of nitrogens with one attached hydrogen (secondary N) is 1. The Morgan fingerprint density at radius 1 is 1.02 bits per heavy atom. The maximum atomic E-state index is 16.3. The van der Waals surface area contributed by atoms with Gasteiger partial charge in [-0.05, 0) is 65.9 Å². The topological polar surface area (TPSA) is 96.1 Å². The number of hydrogen-bond donors (Lipinski definition) is 1. The second-order valence-corrected chi connectivity index (χ2v) is 14.0. The molecule has 4 aliphatic rings. The van der Waals surface area contributed by atoms with Crippen molar-refractivity contribution in [2.24, 2.45) is 5.92 Å². The van der Waals surface area contributed by atoms with Crippen molar-refractivity contribution in [1.29, 1.82) is 5.26 Å². The number of aromatic nitrogens is 3. The Morgan fingerprint density at radius 3 is 2.47 bits per heavy atom. The molecule has 8 nitrogen and oxygen atoms in total. The highest BCUT2D eigenvalue weighted by Gasteiger charge is 2.49. The summed E-state index contributed by atoms with van der Waals surface area (Å²) in [5, 5.41) is 14.0. The van der Waals surface area contributed by atoms with Crippen molar-refractivity contribution in [3.63, 3.8) is 0 Å². The van der Waals surface area contributed by atoms with E-state index in [4.69, 9.17) is 4.74 Å². The van der Waals surface area contributed by atoms with E-state index in [2.05, 4.69) is 33.2 Å². The summed E-state index contributed by atoms with van der Waals surface area (Å²) in [7, 11) is 0. The van der Waals surface area contributed by atoms with Gasteiger partial charge in [0.2, 0.25) is 0 Å². The lowest BCUT2D eigenvalue weighted by Gasteiger charge is -2.47. The minimum Gasteiger partial charge on any atom is -0.379 e. The van der Waals surface area contributed by atoms with Crippen LogP contribution in [0.5, 0.6) is 0 Å². The number of pyridine rings is 1. The van der Waals surface area contributed by atoms with Crippen LogP contribution in [0.3, 0.4) is 0 Å². The minimum atomic E-state index is -3.35. The van der Waals surface area contributed by atoms with Crippen LogP contribution in [0, 0.1) is 23.1 Å². The molecule has 0 amide bonds. The molecule has 5 atom stereocenters. The summed E-state index contributed by atoms with van der Waals surface area (Å²) in [6, 6.07) is 7.59. The van der Waals surface area contributed by atoms with E-state index in [0.29, 0.717) is 54.8 Å². The molecule has 3 aromatic rings. The number of anilines is 1. The van der Waals surface area contributed by atoms with Crippen molar-refractivity contribution in [3.8, 4) is 6.07 Å². The number of piperidine rings is 1. The van der Waals surface area contributed by atoms with Crippen molar-refractivity contribution in [2.75, 3.05) is 18.5 Å². The first-order valence-corrected chi connectivity index (χ1v) is 17.1. The van der Waals surface area contributed by atoms with Crippen molar-refractivity contribution in [3.05, 3.63) is 63.5 Å². The van der Waals surface area contributed by atoms with Crippen LogP contribution in [0.25, 0.3) is 11.0 Å². The molecule has 8 bridgehead atoms. The maximum absolute atomic E-state index is 16.3. The molecule has 4 unspecified atom stereocenters. The number of nitrogens with zero attached hydrogens (tertiary/aromatic N) is 5. The van der Waals surface area contributed by atoms with Crippen LogP contribution in [0.4, 0.5) is 19.0 Å². The zero-order valence-electron chi connectivity index (χ0n) is 27.7. The maximum Gasteiger partial charge on any atom is 0.278 e. The Morgan fingerprint density at radius 2 is 1.77 bits per heavy atom. The first-order chi connectivity index (χ1) is 22.5. The van der Waals surface area contributed by atoms with Crippen LogP contribution in [-0.2, 0) is 22.6 Å². The van der Waals surface area contributed by atoms with Gasteiger partial charge in [-0.3, -0.25) is 14.3 Å². The van der Waals surface area contributed by atoms with Crippen LogP contribution in [0.2, 0.25) is 0 Å². The molecule has 7 rings (SSSR count). The molecular weight excluding hydrogens is 605 g/mol.